The molecule has 0 saturated carbocycles. The Bertz CT molecular complexity index is 683. The molecule has 2 aliphatic rings. The molecule has 118 valence electrons. The summed E-state index contributed by atoms with van der Waals surface area (Å²) in [6, 6.07) is 17.7. The molecule has 0 atom stereocenters. The summed E-state index contributed by atoms with van der Waals surface area (Å²) in [6.45, 7) is 1.74. The summed E-state index contributed by atoms with van der Waals surface area (Å²) in [4.78, 5) is 13.7. The number of nitrogens with zero attached hydrogens (tertiary/aromatic N) is 1. The number of hydrogen-bond donors (Lipinski definition) is 1. The van der Waals surface area contributed by atoms with Gasteiger partial charge in [0.25, 0.3) is 0 Å². The Morgan fingerprint density at radius 1 is 1.00 bits per heavy atom. The number of benzene rings is 2. The van der Waals surface area contributed by atoms with Gasteiger partial charge >= 0.3 is 0 Å². The van der Waals surface area contributed by atoms with Gasteiger partial charge in [-0.1, -0.05) is 36.4 Å². The van der Waals surface area contributed by atoms with Crippen LogP contribution < -0.4 is 10.2 Å². The summed E-state index contributed by atoms with van der Waals surface area (Å²) < 4.78 is 0. The predicted molar refractivity (Wildman–Crippen MR) is 92.5 cm³/mol. The number of anilines is 1. The molecule has 3 nitrogen and oxygen atoms in total. The van der Waals surface area contributed by atoms with Crippen molar-refractivity contribution in [1.82, 2.24) is 5.32 Å². The van der Waals surface area contributed by atoms with E-state index < -0.39 is 0 Å². The van der Waals surface area contributed by atoms with Crippen molar-refractivity contribution in [2.75, 3.05) is 11.4 Å². The molecule has 0 radical (unpaired) electrons. The number of fused-ring (bicyclic) bond motifs is 1. The highest BCUT2D eigenvalue weighted by Gasteiger charge is 2.22. The average molecular weight is 306 g/mol. The topological polar surface area (TPSA) is 32.3 Å². The number of hydrogen-bond acceptors (Lipinski definition) is 2. The minimum absolute atomic E-state index is 0.250. The Morgan fingerprint density at radius 2 is 1.70 bits per heavy atom. The van der Waals surface area contributed by atoms with Crippen molar-refractivity contribution in [2.24, 2.45) is 0 Å². The predicted octanol–water partition coefficient (Wildman–Crippen LogP) is 3.07. The molecular weight excluding hydrogens is 284 g/mol. The van der Waals surface area contributed by atoms with Gasteiger partial charge in [0.15, 0.2) is 0 Å². The van der Waals surface area contributed by atoms with Crippen molar-refractivity contribution in [3.05, 3.63) is 65.2 Å². The van der Waals surface area contributed by atoms with E-state index in [2.05, 4.69) is 53.8 Å². The lowest BCUT2D eigenvalue weighted by molar-refractivity contribution is -0.117. The number of amides is 1. The molecule has 3 heteroatoms. The molecule has 1 heterocycles. The fourth-order valence-electron chi connectivity index (χ4n) is 3.68. The Kier molecular flexibility index (Phi) is 3.88. The van der Waals surface area contributed by atoms with Crippen molar-refractivity contribution in [3.63, 3.8) is 0 Å². The zero-order valence-electron chi connectivity index (χ0n) is 13.3. The van der Waals surface area contributed by atoms with Crippen LogP contribution in [0.4, 0.5) is 5.69 Å². The highest BCUT2D eigenvalue weighted by Crippen LogP contribution is 2.23. The molecule has 0 spiro atoms. The van der Waals surface area contributed by atoms with E-state index in [1.165, 1.54) is 16.7 Å². The Balaban J connectivity index is 1.34. The van der Waals surface area contributed by atoms with Crippen LogP contribution in [0.1, 0.15) is 29.5 Å². The van der Waals surface area contributed by atoms with Crippen LogP contribution in [-0.4, -0.2) is 18.5 Å². The second-order valence-electron chi connectivity index (χ2n) is 6.57. The first kappa shape index (κ1) is 14.5. The molecule has 4 rings (SSSR count). The second kappa shape index (κ2) is 6.17. The normalized spacial score (nSPS) is 17.7. The maximum Gasteiger partial charge on any atom is 0.227 e. The number of carbonyl (C=O) groups is 1. The van der Waals surface area contributed by atoms with E-state index in [-0.39, 0.29) is 5.91 Å². The molecule has 0 bridgehead atoms. The van der Waals surface area contributed by atoms with Gasteiger partial charge in [0.2, 0.25) is 5.91 Å². The van der Waals surface area contributed by atoms with Crippen molar-refractivity contribution in [3.8, 4) is 0 Å². The van der Waals surface area contributed by atoms with Crippen LogP contribution >= 0.6 is 0 Å². The molecule has 1 amide bonds. The molecule has 2 aromatic rings. The van der Waals surface area contributed by atoms with Gasteiger partial charge in [-0.15, -0.1) is 0 Å². The number of carbonyl (C=O) groups excluding carboxylic acids is 1. The van der Waals surface area contributed by atoms with Crippen LogP contribution in [0.5, 0.6) is 0 Å². The Morgan fingerprint density at radius 3 is 2.30 bits per heavy atom. The maximum atomic E-state index is 11.8. The summed E-state index contributed by atoms with van der Waals surface area (Å²) in [7, 11) is 0. The Labute approximate surface area is 137 Å². The molecular formula is C20H22N2O. The summed E-state index contributed by atoms with van der Waals surface area (Å²) in [5.41, 5.74) is 5.27. The van der Waals surface area contributed by atoms with E-state index in [0.29, 0.717) is 12.5 Å². The van der Waals surface area contributed by atoms with Crippen LogP contribution in [0.2, 0.25) is 0 Å². The molecule has 1 aliphatic carbocycles. The van der Waals surface area contributed by atoms with E-state index >= 15 is 0 Å². The van der Waals surface area contributed by atoms with Gasteiger partial charge in [-0.25, -0.2) is 0 Å². The van der Waals surface area contributed by atoms with E-state index in [0.717, 1.165) is 38.0 Å². The lowest BCUT2D eigenvalue weighted by Crippen LogP contribution is -2.29. The standard InChI is InChI=1S/C20H22N2O/c23-20-6-3-11-22(20)19-9-7-15(8-10-19)14-21-18-12-16-4-1-2-5-17(16)13-18/h1-2,4-5,7-10,18,21H,3,6,11-14H2. The van der Waals surface area contributed by atoms with Gasteiger partial charge in [0.1, 0.15) is 0 Å². The van der Waals surface area contributed by atoms with Crippen molar-refractivity contribution in [1.29, 1.82) is 0 Å². The molecule has 0 unspecified atom stereocenters. The fraction of sp³-hybridized carbons (Fsp3) is 0.350. The minimum Gasteiger partial charge on any atom is -0.312 e. The summed E-state index contributed by atoms with van der Waals surface area (Å²) >= 11 is 0. The van der Waals surface area contributed by atoms with Crippen LogP contribution in [0.15, 0.2) is 48.5 Å². The van der Waals surface area contributed by atoms with Crippen LogP contribution in [0.25, 0.3) is 0 Å². The van der Waals surface area contributed by atoms with Crippen molar-refractivity contribution < 1.29 is 4.79 Å². The first-order valence-electron chi connectivity index (χ1n) is 8.49. The Hall–Kier alpha value is -2.13. The molecule has 2 aromatic carbocycles. The minimum atomic E-state index is 0.250. The average Bonchev–Trinajstić information content (AvgIpc) is 3.19. The van der Waals surface area contributed by atoms with Gasteiger partial charge < -0.3 is 10.2 Å². The summed E-state index contributed by atoms with van der Waals surface area (Å²) in [5, 5.41) is 3.66. The number of nitrogens with one attached hydrogen (secondary N) is 1. The number of rotatable bonds is 4. The van der Waals surface area contributed by atoms with Gasteiger partial charge in [-0.3, -0.25) is 4.79 Å². The molecule has 1 saturated heterocycles. The van der Waals surface area contributed by atoms with Crippen molar-refractivity contribution in [2.45, 2.75) is 38.3 Å². The fourth-order valence-corrected chi connectivity index (χ4v) is 3.68. The summed E-state index contributed by atoms with van der Waals surface area (Å²) in [5.74, 6) is 0.250. The lowest BCUT2D eigenvalue weighted by Gasteiger charge is -2.16. The van der Waals surface area contributed by atoms with Gasteiger partial charge in [-0.2, -0.15) is 0 Å². The second-order valence-corrected chi connectivity index (χ2v) is 6.57. The molecule has 1 N–H and O–H groups in total. The van der Waals surface area contributed by atoms with Crippen LogP contribution in [0, 0.1) is 0 Å². The van der Waals surface area contributed by atoms with Crippen LogP contribution in [0.3, 0.4) is 0 Å². The van der Waals surface area contributed by atoms with Gasteiger partial charge in [0.05, 0.1) is 0 Å². The molecule has 1 fully saturated rings. The van der Waals surface area contributed by atoms with E-state index in [1.807, 2.05) is 4.90 Å². The monoisotopic (exact) mass is 306 g/mol. The SMILES string of the molecule is O=C1CCCN1c1ccc(CNC2Cc3ccccc3C2)cc1. The summed E-state index contributed by atoms with van der Waals surface area (Å²) in [6.07, 6.45) is 3.91. The molecule has 23 heavy (non-hydrogen) atoms. The highest BCUT2D eigenvalue weighted by atomic mass is 16.2. The maximum absolute atomic E-state index is 11.8. The van der Waals surface area contributed by atoms with E-state index in [9.17, 15) is 4.79 Å². The van der Waals surface area contributed by atoms with Crippen LogP contribution in [-0.2, 0) is 24.2 Å². The lowest BCUT2D eigenvalue weighted by atomic mass is 10.1. The first-order valence-corrected chi connectivity index (χ1v) is 8.49. The molecule has 0 aromatic heterocycles. The quantitative estimate of drug-likeness (QED) is 0.941. The van der Waals surface area contributed by atoms with Crippen molar-refractivity contribution >= 4 is 11.6 Å². The van der Waals surface area contributed by atoms with Gasteiger partial charge in [0, 0.05) is 31.2 Å². The first-order chi connectivity index (χ1) is 11.3. The van der Waals surface area contributed by atoms with E-state index in [1.54, 1.807) is 0 Å². The third kappa shape index (κ3) is 3.02. The molecule has 1 aliphatic heterocycles. The zero-order valence-corrected chi connectivity index (χ0v) is 13.3. The third-order valence-corrected chi connectivity index (χ3v) is 4.97. The van der Waals surface area contributed by atoms with Gasteiger partial charge in [-0.05, 0) is 48.1 Å². The smallest absolute Gasteiger partial charge is 0.227 e. The largest absolute Gasteiger partial charge is 0.312 e. The highest BCUT2D eigenvalue weighted by molar-refractivity contribution is 5.95. The zero-order chi connectivity index (χ0) is 15.6. The third-order valence-electron chi connectivity index (χ3n) is 4.97. The van der Waals surface area contributed by atoms with E-state index in [4.69, 9.17) is 0 Å².